The minimum Gasteiger partial charge on any atom is -0.393 e. The summed E-state index contributed by atoms with van der Waals surface area (Å²) < 4.78 is 0. The van der Waals surface area contributed by atoms with E-state index < -0.39 is 12.0 Å². The third kappa shape index (κ3) is 5.71. The summed E-state index contributed by atoms with van der Waals surface area (Å²) in [7, 11) is 0. The van der Waals surface area contributed by atoms with E-state index in [2.05, 4.69) is 17.4 Å². The van der Waals surface area contributed by atoms with Crippen LogP contribution in [-0.2, 0) is 4.79 Å². The van der Waals surface area contributed by atoms with E-state index in [0.29, 0.717) is 42.8 Å². The van der Waals surface area contributed by atoms with Crippen LogP contribution in [0.25, 0.3) is 0 Å². The van der Waals surface area contributed by atoms with Crippen molar-refractivity contribution in [3.8, 4) is 0 Å². The predicted octanol–water partition coefficient (Wildman–Crippen LogP) is 5.83. The molecular weight excluding hydrogens is 504 g/mol. The topological polar surface area (TPSA) is 69.6 Å². The SMILES string of the molecule is O=C(NCCSc1ccccc1)[C@@H]1c2ccccc2C(=O)N([C@H]2CC[C@H](O)CC2)[C@H]1c1ccc(Cl)cc1. The molecule has 2 aliphatic rings. The van der Waals surface area contributed by atoms with Crippen LogP contribution in [0.5, 0.6) is 0 Å². The molecule has 5 rings (SSSR count). The molecular formula is C30H31ClN2O3S. The van der Waals surface area contributed by atoms with Crippen molar-refractivity contribution in [2.45, 2.75) is 54.7 Å². The highest BCUT2D eigenvalue weighted by molar-refractivity contribution is 7.99. The third-order valence-corrected chi connectivity index (χ3v) is 8.61. The number of nitrogens with zero attached hydrogens (tertiary/aromatic N) is 1. The van der Waals surface area contributed by atoms with Crippen molar-refractivity contribution in [1.82, 2.24) is 10.2 Å². The highest BCUT2D eigenvalue weighted by atomic mass is 35.5. The number of halogens is 1. The first-order valence-electron chi connectivity index (χ1n) is 12.8. The van der Waals surface area contributed by atoms with Gasteiger partial charge in [0.2, 0.25) is 5.91 Å². The summed E-state index contributed by atoms with van der Waals surface area (Å²) in [4.78, 5) is 30.9. The molecule has 1 aliphatic heterocycles. The van der Waals surface area contributed by atoms with Crippen LogP contribution in [-0.4, -0.2) is 46.3 Å². The molecule has 1 aliphatic carbocycles. The number of hydrogen-bond donors (Lipinski definition) is 2. The van der Waals surface area contributed by atoms with E-state index in [-0.39, 0.29) is 24.0 Å². The predicted molar refractivity (Wildman–Crippen MR) is 148 cm³/mol. The molecule has 1 heterocycles. The summed E-state index contributed by atoms with van der Waals surface area (Å²) in [5.74, 6) is 0.0532. The summed E-state index contributed by atoms with van der Waals surface area (Å²) in [5, 5.41) is 13.9. The lowest BCUT2D eigenvalue weighted by molar-refractivity contribution is -0.124. The van der Waals surface area contributed by atoms with Gasteiger partial charge < -0.3 is 15.3 Å². The molecule has 192 valence electrons. The molecule has 0 aromatic heterocycles. The van der Waals surface area contributed by atoms with Crippen molar-refractivity contribution in [3.63, 3.8) is 0 Å². The molecule has 1 saturated carbocycles. The van der Waals surface area contributed by atoms with Gasteiger partial charge in [0.25, 0.3) is 5.91 Å². The molecule has 1 fully saturated rings. The number of aliphatic hydroxyl groups excluding tert-OH is 1. The molecule has 2 N–H and O–H groups in total. The lowest BCUT2D eigenvalue weighted by atomic mass is 9.77. The summed E-state index contributed by atoms with van der Waals surface area (Å²) in [6, 6.07) is 24.6. The molecule has 0 bridgehead atoms. The van der Waals surface area contributed by atoms with E-state index in [1.165, 1.54) is 0 Å². The van der Waals surface area contributed by atoms with Gasteiger partial charge in [-0.2, -0.15) is 0 Å². The highest BCUT2D eigenvalue weighted by Crippen LogP contribution is 2.46. The fourth-order valence-electron chi connectivity index (χ4n) is 5.56. The molecule has 3 aromatic rings. The lowest BCUT2D eigenvalue weighted by Crippen LogP contribution is -2.52. The van der Waals surface area contributed by atoms with Gasteiger partial charge in [-0.1, -0.05) is 60.1 Å². The zero-order valence-electron chi connectivity index (χ0n) is 20.6. The largest absolute Gasteiger partial charge is 0.393 e. The van der Waals surface area contributed by atoms with Crippen molar-refractivity contribution in [2.24, 2.45) is 0 Å². The van der Waals surface area contributed by atoms with E-state index in [1.54, 1.807) is 11.8 Å². The number of amides is 2. The van der Waals surface area contributed by atoms with Crippen LogP contribution < -0.4 is 5.32 Å². The fourth-order valence-corrected chi connectivity index (χ4v) is 6.47. The standard InChI is InChI=1S/C30H31ClN2O3S/c31-21-12-10-20(11-13-21)28-27(29(35)32-18-19-37-24-6-2-1-3-7-24)25-8-4-5-9-26(25)30(36)33(28)22-14-16-23(34)17-15-22/h1-13,22-23,27-28,34H,14-19H2,(H,32,35)/t22-,23-,27-,28+/m1/s1. The number of hydrogen-bond acceptors (Lipinski definition) is 4. The summed E-state index contributed by atoms with van der Waals surface area (Å²) in [5.41, 5.74) is 2.22. The Labute approximate surface area is 227 Å². The van der Waals surface area contributed by atoms with Crippen LogP contribution in [0.2, 0.25) is 5.02 Å². The minimum atomic E-state index is -0.552. The summed E-state index contributed by atoms with van der Waals surface area (Å²) in [6.07, 6.45) is 2.38. The van der Waals surface area contributed by atoms with Crippen LogP contribution in [0.1, 0.15) is 59.1 Å². The van der Waals surface area contributed by atoms with Gasteiger partial charge in [-0.25, -0.2) is 0 Å². The first-order valence-corrected chi connectivity index (χ1v) is 14.2. The van der Waals surface area contributed by atoms with Crippen LogP contribution in [0.3, 0.4) is 0 Å². The Morgan fingerprint density at radius 3 is 2.35 bits per heavy atom. The van der Waals surface area contributed by atoms with E-state index in [1.807, 2.05) is 71.6 Å². The van der Waals surface area contributed by atoms with Crippen LogP contribution in [0.15, 0.2) is 83.8 Å². The van der Waals surface area contributed by atoms with Gasteiger partial charge >= 0.3 is 0 Å². The number of carbonyl (C=O) groups is 2. The molecule has 0 spiro atoms. The molecule has 2 atom stereocenters. The Kier molecular flexibility index (Phi) is 8.18. The molecule has 37 heavy (non-hydrogen) atoms. The van der Waals surface area contributed by atoms with E-state index >= 15 is 0 Å². The maximum absolute atomic E-state index is 13.9. The van der Waals surface area contributed by atoms with Crippen LogP contribution in [0.4, 0.5) is 0 Å². The molecule has 3 aromatic carbocycles. The number of thioether (sulfide) groups is 1. The van der Waals surface area contributed by atoms with Crippen molar-refractivity contribution in [3.05, 3.63) is 101 Å². The van der Waals surface area contributed by atoms with Gasteiger partial charge in [-0.15, -0.1) is 11.8 Å². The molecule has 5 nitrogen and oxygen atoms in total. The Balaban J connectivity index is 1.47. The van der Waals surface area contributed by atoms with Gasteiger partial charge in [-0.05, 0) is 67.1 Å². The van der Waals surface area contributed by atoms with Crippen molar-refractivity contribution in [1.29, 1.82) is 0 Å². The van der Waals surface area contributed by atoms with E-state index in [9.17, 15) is 14.7 Å². The Hall–Kier alpha value is -2.80. The van der Waals surface area contributed by atoms with Gasteiger partial charge in [0.1, 0.15) is 0 Å². The Morgan fingerprint density at radius 2 is 1.62 bits per heavy atom. The monoisotopic (exact) mass is 534 g/mol. The number of rotatable bonds is 7. The number of carbonyl (C=O) groups excluding carboxylic acids is 2. The van der Waals surface area contributed by atoms with Crippen molar-refractivity contribution in [2.75, 3.05) is 12.3 Å². The number of nitrogens with one attached hydrogen (secondary N) is 1. The zero-order chi connectivity index (χ0) is 25.8. The first kappa shape index (κ1) is 25.8. The van der Waals surface area contributed by atoms with Gasteiger partial charge in [0.05, 0.1) is 18.1 Å². The maximum atomic E-state index is 13.9. The van der Waals surface area contributed by atoms with Crippen LogP contribution in [0, 0.1) is 0 Å². The highest BCUT2D eigenvalue weighted by Gasteiger charge is 2.46. The molecule has 0 radical (unpaired) electrons. The number of fused-ring (bicyclic) bond motifs is 1. The Morgan fingerprint density at radius 1 is 0.946 bits per heavy atom. The molecule has 7 heteroatoms. The van der Waals surface area contributed by atoms with Gasteiger partial charge in [0.15, 0.2) is 0 Å². The van der Waals surface area contributed by atoms with Crippen molar-refractivity contribution >= 4 is 35.2 Å². The molecule has 0 saturated heterocycles. The summed E-state index contributed by atoms with van der Waals surface area (Å²) in [6.45, 7) is 0.522. The second kappa shape index (κ2) is 11.7. The van der Waals surface area contributed by atoms with E-state index in [0.717, 1.165) is 21.8 Å². The van der Waals surface area contributed by atoms with Gasteiger partial charge in [0, 0.05) is 33.8 Å². The second-order valence-corrected chi connectivity index (χ2v) is 11.3. The average Bonchev–Trinajstić information content (AvgIpc) is 2.93. The number of aliphatic hydroxyl groups is 1. The zero-order valence-corrected chi connectivity index (χ0v) is 22.1. The quantitative estimate of drug-likeness (QED) is 0.295. The van der Waals surface area contributed by atoms with Crippen molar-refractivity contribution < 1.29 is 14.7 Å². The van der Waals surface area contributed by atoms with Crippen LogP contribution >= 0.6 is 23.4 Å². The maximum Gasteiger partial charge on any atom is 0.254 e. The summed E-state index contributed by atoms with van der Waals surface area (Å²) >= 11 is 7.91. The smallest absolute Gasteiger partial charge is 0.254 e. The van der Waals surface area contributed by atoms with Gasteiger partial charge in [-0.3, -0.25) is 9.59 Å². The minimum absolute atomic E-state index is 0.0473. The third-order valence-electron chi connectivity index (χ3n) is 7.34. The Bertz CT molecular complexity index is 1230. The lowest BCUT2D eigenvalue weighted by Gasteiger charge is -2.47. The average molecular weight is 535 g/mol. The second-order valence-electron chi connectivity index (χ2n) is 9.69. The molecule has 2 amide bonds. The normalized spacial score (nSPS) is 23.4. The number of benzene rings is 3. The first-order chi connectivity index (χ1) is 18.0. The van der Waals surface area contributed by atoms with E-state index in [4.69, 9.17) is 11.6 Å². The molecule has 0 unspecified atom stereocenters. The fraction of sp³-hybridized carbons (Fsp3) is 0.333.